The van der Waals surface area contributed by atoms with Crippen LogP contribution in [0.3, 0.4) is 0 Å². The van der Waals surface area contributed by atoms with Crippen molar-refractivity contribution in [2.75, 3.05) is 36.5 Å². The van der Waals surface area contributed by atoms with E-state index in [2.05, 4.69) is 38.6 Å². The van der Waals surface area contributed by atoms with E-state index >= 15 is 0 Å². The molecule has 3 aromatic rings. The molecule has 1 aliphatic rings. The SMILES string of the molecule is N#Cc1nnc2ccccc2c1Nc1ccc(N2CCOCC2)cc1. The van der Waals surface area contributed by atoms with E-state index in [1.807, 2.05) is 36.4 Å². The highest BCUT2D eigenvalue weighted by Crippen LogP contribution is 2.28. The van der Waals surface area contributed by atoms with Crippen molar-refractivity contribution in [2.45, 2.75) is 0 Å². The van der Waals surface area contributed by atoms with Crippen molar-refractivity contribution >= 4 is 28.0 Å². The average Bonchev–Trinajstić information content (AvgIpc) is 2.69. The molecule has 25 heavy (non-hydrogen) atoms. The Morgan fingerprint density at radius 3 is 2.52 bits per heavy atom. The Labute approximate surface area is 145 Å². The Balaban J connectivity index is 1.64. The van der Waals surface area contributed by atoms with Gasteiger partial charge in [0.25, 0.3) is 0 Å². The molecule has 1 saturated heterocycles. The summed E-state index contributed by atoms with van der Waals surface area (Å²) in [6.07, 6.45) is 0. The van der Waals surface area contributed by atoms with Gasteiger partial charge in [0.15, 0.2) is 5.69 Å². The molecule has 0 spiro atoms. The molecular weight excluding hydrogens is 314 g/mol. The molecule has 6 nitrogen and oxygen atoms in total. The summed E-state index contributed by atoms with van der Waals surface area (Å²) >= 11 is 0. The monoisotopic (exact) mass is 331 g/mol. The summed E-state index contributed by atoms with van der Waals surface area (Å²) < 4.78 is 5.39. The maximum absolute atomic E-state index is 9.36. The first-order valence-electron chi connectivity index (χ1n) is 8.20. The summed E-state index contributed by atoms with van der Waals surface area (Å²) in [4.78, 5) is 2.30. The number of hydrogen-bond donors (Lipinski definition) is 1. The predicted molar refractivity (Wildman–Crippen MR) is 97.0 cm³/mol. The van der Waals surface area contributed by atoms with E-state index in [4.69, 9.17) is 4.74 Å². The number of fused-ring (bicyclic) bond motifs is 1. The first kappa shape index (κ1) is 15.4. The maximum atomic E-state index is 9.36. The van der Waals surface area contributed by atoms with Gasteiger partial charge in [-0.3, -0.25) is 0 Å². The van der Waals surface area contributed by atoms with E-state index in [0.29, 0.717) is 5.69 Å². The molecule has 2 aromatic carbocycles. The molecule has 1 aliphatic heterocycles. The van der Waals surface area contributed by atoms with Gasteiger partial charge >= 0.3 is 0 Å². The number of nitrogens with zero attached hydrogens (tertiary/aromatic N) is 4. The van der Waals surface area contributed by atoms with Crippen LogP contribution in [-0.2, 0) is 4.74 Å². The van der Waals surface area contributed by atoms with Gasteiger partial charge in [-0.2, -0.15) is 5.26 Å². The highest BCUT2D eigenvalue weighted by molar-refractivity contribution is 5.94. The zero-order chi connectivity index (χ0) is 17.1. The van der Waals surface area contributed by atoms with Crippen LogP contribution in [0.25, 0.3) is 10.9 Å². The topological polar surface area (TPSA) is 74.1 Å². The Morgan fingerprint density at radius 1 is 1.00 bits per heavy atom. The molecule has 0 atom stereocenters. The molecule has 124 valence electrons. The van der Waals surface area contributed by atoms with Crippen LogP contribution in [0.4, 0.5) is 17.1 Å². The highest BCUT2D eigenvalue weighted by Gasteiger charge is 2.13. The lowest BCUT2D eigenvalue weighted by atomic mass is 10.1. The molecule has 0 bridgehead atoms. The van der Waals surface area contributed by atoms with Crippen molar-refractivity contribution in [2.24, 2.45) is 0 Å². The summed E-state index contributed by atoms with van der Waals surface area (Å²) in [7, 11) is 0. The lowest BCUT2D eigenvalue weighted by Gasteiger charge is -2.29. The average molecular weight is 331 g/mol. The molecule has 0 radical (unpaired) electrons. The molecule has 4 rings (SSSR count). The zero-order valence-corrected chi connectivity index (χ0v) is 13.6. The zero-order valence-electron chi connectivity index (χ0n) is 13.6. The Bertz CT molecular complexity index is 927. The Kier molecular flexibility index (Phi) is 4.15. The predicted octanol–water partition coefficient (Wildman–Crippen LogP) is 3.08. The first-order valence-corrected chi connectivity index (χ1v) is 8.20. The molecular formula is C19H17N5O. The number of nitriles is 1. The molecule has 0 aliphatic carbocycles. The standard InChI is InChI=1S/C19H17N5O/c20-13-18-19(16-3-1-2-4-17(16)22-23-18)21-14-5-7-15(8-6-14)24-9-11-25-12-10-24/h1-8H,9-12H2,(H,21,22). The molecule has 0 saturated carbocycles. The van der Waals surface area contributed by atoms with Crippen LogP contribution in [0.5, 0.6) is 0 Å². The van der Waals surface area contributed by atoms with E-state index in [9.17, 15) is 5.26 Å². The lowest BCUT2D eigenvalue weighted by Crippen LogP contribution is -2.36. The maximum Gasteiger partial charge on any atom is 0.187 e. The van der Waals surface area contributed by atoms with Crippen LogP contribution in [0.15, 0.2) is 48.5 Å². The van der Waals surface area contributed by atoms with Crippen molar-refractivity contribution in [3.05, 3.63) is 54.2 Å². The number of benzene rings is 2. The van der Waals surface area contributed by atoms with Gasteiger partial charge < -0.3 is 15.0 Å². The second kappa shape index (κ2) is 6.75. The fourth-order valence-corrected chi connectivity index (χ4v) is 2.98. The van der Waals surface area contributed by atoms with Crippen molar-refractivity contribution < 1.29 is 4.74 Å². The number of nitrogens with one attached hydrogen (secondary N) is 1. The van der Waals surface area contributed by atoms with E-state index in [0.717, 1.165) is 42.9 Å². The highest BCUT2D eigenvalue weighted by atomic mass is 16.5. The van der Waals surface area contributed by atoms with Gasteiger partial charge in [0.1, 0.15) is 6.07 Å². The Morgan fingerprint density at radius 2 is 1.76 bits per heavy atom. The molecule has 1 aromatic heterocycles. The molecule has 0 amide bonds. The lowest BCUT2D eigenvalue weighted by molar-refractivity contribution is 0.122. The minimum Gasteiger partial charge on any atom is -0.378 e. The smallest absolute Gasteiger partial charge is 0.187 e. The Hall–Kier alpha value is -3.17. The number of hydrogen-bond acceptors (Lipinski definition) is 6. The fourth-order valence-electron chi connectivity index (χ4n) is 2.98. The molecule has 1 N–H and O–H groups in total. The van der Waals surface area contributed by atoms with Gasteiger partial charge in [-0.1, -0.05) is 18.2 Å². The normalized spacial score (nSPS) is 14.3. The summed E-state index contributed by atoms with van der Waals surface area (Å²) in [6.45, 7) is 3.34. The minimum absolute atomic E-state index is 0.288. The molecule has 6 heteroatoms. The van der Waals surface area contributed by atoms with Gasteiger partial charge in [0, 0.05) is 29.9 Å². The van der Waals surface area contributed by atoms with Crippen LogP contribution in [-0.4, -0.2) is 36.5 Å². The number of aromatic nitrogens is 2. The van der Waals surface area contributed by atoms with E-state index in [1.54, 1.807) is 0 Å². The minimum atomic E-state index is 0.288. The number of morpholine rings is 1. The van der Waals surface area contributed by atoms with E-state index in [1.165, 1.54) is 5.69 Å². The molecule has 2 heterocycles. The summed E-state index contributed by atoms with van der Waals surface area (Å²) in [5.41, 5.74) is 3.82. The van der Waals surface area contributed by atoms with E-state index in [-0.39, 0.29) is 5.69 Å². The summed E-state index contributed by atoms with van der Waals surface area (Å²) in [5, 5.41) is 21.7. The first-order chi connectivity index (χ1) is 12.3. The number of ether oxygens (including phenoxy) is 1. The summed E-state index contributed by atoms with van der Waals surface area (Å²) in [5.74, 6) is 0. The van der Waals surface area contributed by atoms with Crippen molar-refractivity contribution in [3.8, 4) is 6.07 Å². The largest absolute Gasteiger partial charge is 0.378 e. The van der Waals surface area contributed by atoms with Gasteiger partial charge in [0.05, 0.1) is 24.4 Å². The second-order valence-corrected chi connectivity index (χ2v) is 5.82. The molecule has 0 unspecified atom stereocenters. The fraction of sp³-hybridized carbons (Fsp3) is 0.211. The van der Waals surface area contributed by atoms with Crippen molar-refractivity contribution in [1.82, 2.24) is 10.2 Å². The second-order valence-electron chi connectivity index (χ2n) is 5.82. The van der Waals surface area contributed by atoms with Crippen LogP contribution in [0, 0.1) is 11.3 Å². The van der Waals surface area contributed by atoms with Crippen LogP contribution >= 0.6 is 0 Å². The third-order valence-electron chi connectivity index (χ3n) is 4.29. The van der Waals surface area contributed by atoms with Crippen LogP contribution in [0.2, 0.25) is 0 Å². The van der Waals surface area contributed by atoms with Crippen molar-refractivity contribution in [1.29, 1.82) is 5.26 Å². The van der Waals surface area contributed by atoms with Gasteiger partial charge in [-0.25, -0.2) is 0 Å². The number of rotatable bonds is 3. The van der Waals surface area contributed by atoms with Crippen LogP contribution < -0.4 is 10.2 Å². The third-order valence-corrected chi connectivity index (χ3v) is 4.29. The number of anilines is 3. The van der Waals surface area contributed by atoms with Crippen molar-refractivity contribution in [3.63, 3.8) is 0 Å². The van der Waals surface area contributed by atoms with E-state index < -0.39 is 0 Å². The van der Waals surface area contributed by atoms with Gasteiger partial charge in [0.2, 0.25) is 0 Å². The molecule has 1 fully saturated rings. The van der Waals surface area contributed by atoms with Crippen LogP contribution in [0.1, 0.15) is 5.69 Å². The van der Waals surface area contributed by atoms with Gasteiger partial charge in [-0.15, -0.1) is 10.2 Å². The quantitative estimate of drug-likeness (QED) is 0.795. The third kappa shape index (κ3) is 3.10. The van der Waals surface area contributed by atoms with Gasteiger partial charge in [-0.05, 0) is 30.3 Å². The summed E-state index contributed by atoms with van der Waals surface area (Å²) in [6, 6.07) is 18.0.